The molecular formula is C23H20N6O2. The van der Waals surface area contributed by atoms with Crippen LogP contribution >= 0.6 is 0 Å². The molecule has 1 amide bonds. The number of aromatic nitrogens is 5. The molecule has 3 aromatic heterocycles. The monoisotopic (exact) mass is 412 g/mol. The molecule has 31 heavy (non-hydrogen) atoms. The molecule has 0 spiro atoms. The van der Waals surface area contributed by atoms with Crippen LogP contribution in [0.1, 0.15) is 52.1 Å². The maximum absolute atomic E-state index is 12.7. The van der Waals surface area contributed by atoms with Gasteiger partial charge in [-0.05, 0) is 36.6 Å². The molecule has 0 saturated heterocycles. The van der Waals surface area contributed by atoms with E-state index in [9.17, 15) is 9.59 Å². The number of rotatable bonds is 6. The largest absolute Gasteiger partial charge is 0.348 e. The molecule has 0 bridgehead atoms. The number of nitrogens with zero attached hydrogens (tertiary/aromatic N) is 3. The first-order chi connectivity index (χ1) is 15.1. The summed E-state index contributed by atoms with van der Waals surface area (Å²) in [7, 11) is 0. The molecule has 4 aromatic rings. The van der Waals surface area contributed by atoms with Crippen LogP contribution in [0.3, 0.4) is 0 Å². The van der Waals surface area contributed by atoms with Crippen molar-refractivity contribution < 1.29 is 9.59 Å². The lowest BCUT2D eigenvalue weighted by Gasteiger charge is -2.01. The number of fused-ring (bicyclic) bond motifs is 1. The van der Waals surface area contributed by atoms with E-state index in [4.69, 9.17) is 0 Å². The average Bonchev–Trinajstić information content (AvgIpc) is 3.43. The second-order valence-electron chi connectivity index (χ2n) is 6.84. The molecule has 0 fully saturated rings. The van der Waals surface area contributed by atoms with Crippen molar-refractivity contribution in [2.24, 2.45) is 0 Å². The normalized spacial score (nSPS) is 10.5. The smallest absolute Gasteiger partial charge is 0.276 e. The predicted octanol–water partition coefficient (Wildman–Crippen LogP) is 3.51. The number of anilines is 1. The van der Waals surface area contributed by atoms with Gasteiger partial charge in [-0.2, -0.15) is 0 Å². The van der Waals surface area contributed by atoms with Gasteiger partial charge in [-0.15, -0.1) is 0 Å². The molecule has 0 aliphatic carbocycles. The number of imidazole rings is 2. The van der Waals surface area contributed by atoms with E-state index in [0.717, 1.165) is 12.8 Å². The van der Waals surface area contributed by atoms with E-state index in [2.05, 4.69) is 49.0 Å². The third kappa shape index (κ3) is 4.67. The summed E-state index contributed by atoms with van der Waals surface area (Å²) in [6.07, 6.45) is 5.15. The van der Waals surface area contributed by atoms with Gasteiger partial charge < -0.3 is 9.97 Å². The Kier molecular flexibility index (Phi) is 5.85. The van der Waals surface area contributed by atoms with E-state index in [1.54, 1.807) is 48.8 Å². The lowest BCUT2D eigenvalue weighted by molar-refractivity contribution is 0.0990. The van der Waals surface area contributed by atoms with Gasteiger partial charge in [-0.3, -0.25) is 14.9 Å². The molecule has 8 heteroatoms. The van der Waals surface area contributed by atoms with E-state index < -0.39 is 5.91 Å². The van der Waals surface area contributed by atoms with Crippen molar-refractivity contribution in [3.8, 4) is 11.8 Å². The van der Waals surface area contributed by atoms with Crippen LogP contribution in [0.4, 0.5) is 5.95 Å². The molecule has 0 aliphatic heterocycles. The van der Waals surface area contributed by atoms with Crippen LogP contribution in [0.2, 0.25) is 0 Å². The van der Waals surface area contributed by atoms with Gasteiger partial charge in [0.2, 0.25) is 5.95 Å². The highest BCUT2D eigenvalue weighted by Gasteiger charge is 2.17. The highest BCUT2D eigenvalue weighted by atomic mass is 16.2. The van der Waals surface area contributed by atoms with Crippen molar-refractivity contribution >= 4 is 28.7 Å². The van der Waals surface area contributed by atoms with Gasteiger partial charge in [-0.1, -0.05) is 25.0 Å². The van der Waals surface area contributed by atoms with Crippen LogP contribution in [0.5, 0.6) is 0 Å². The Balaban J connectivity index is 1.54. The van der Waals surface area contributed by atoms with E-state index in [1.807, 2.05) is 0 Å². The van der Waals surface area contributed by atoms with E-state index in [-0.39, 0.29) is 23.8 Å². The molecule has 8 nitrogen and oxygen atoms in total. The van der Waals surface area contributed by atoms with Gasteiger partial charge in [0.1, 0.15) is 22.7 Å². The zero-order valence-electron chi connectivity index (χ0n) is 16.9. The van der Waals surface area contributed by atoms with Crippen LogP contribution in [0, 0.1) is 11.8 Å². The van der Waals surface area contributed by atoms with Gasteiger partial charge in [0.15, 0.2) is 5.78 Å². The summed E-state index contributed by atoms with van der Waals surface area (Å²) in [5, 5.41) is 2.71. The minimum Gasteiger partial charge on any atom is -0.348 e. The summed E-state index contributed by atoms with van der Waals surface area (Å²) >= 11 is 0. The highest BCUT2D eigenvalue weighted by Crippen LogP contribution is 2.20. The van der Waals surface area contributed by atoms with Crippen molar-refractivity contribution in [3.05, 3.63) is 71.6 Å². The molecular weight excluding hydrogens is 392 g/mol. The van der Waals surface area contributed by atoms with Crippen LogP contribution in [0.15, 0.2) is 48.8 Å². The fraction of sp³-hybridized carbons (Fsp3) is 0.174. The molecule has 154 valence electrons. The second kappa shape index (κ2) is 9.05. The Bertz CT molecular complexity index is 1290. The first kappa shape index (κ1) is 20.0. The third-order valence-electron chi connectivity index (χ3n) is 4.50. The standard InChI is InChI=1S/C23H20N6O2/c1-2-3-4-7-15-8-5-11-18(26-15)22(31)29-23-27-17-10-6-9-16(21(17)28-23)19(30)14-20-24-12-13-25-20/h5-6,8-13H,2-3,14H2,1H3,(H,24,25)(H2,27,28,29,31). The van der Waals surface area contributed by atoms with Gasteiger partial charge in [0.25, 0.3) is 5.91 Å². The number of aromatic amines is 2. The summed E-state index contributed by atoms with van der Waals surface area (Å²) in [5.41, 5.74) is 2.36. The number of ketones is 1. The van der Waals surface area contributed by atoms with E-state index >= 15 is 0 Å². The number of nitrogens with one attached hydrogen (secondary N) is 3. The average molecular weight is 412 g/mol. The summed E-state index contributed by atoms with van der Waals surface area (Å²) in [6.45, 7) is 2.05. The molecule has 1 aromatic carbocycles. The number of amides is 1. The van der Waals surface area contributed by atoms with Gasteiger partial charge in [-0.25, -0.2) is 15.0 Å². The Hall–Kier alpha value is -4.25. The fourth-order valence-corrected chi connectivity index (χ4v) is 3.04. The topological polar surface area (TPSA) is 116 Å². The number of carbonyl (C=O) groups excluding carboxylic acids is 2. The maximum atomic E-state index is 12.7. The Labute approximate surface area is 178 Å². The molecule has 0 aliphatic rings. The van der Waals surface area contributed by atoms with Crippen LogP contribution in [-0.4, -0.2) is 36.6 Å². The van der Waals surface area contributed by atoms with Crippen LogP contribution < -0.4 is 5.32 Å². The fourth-order valence-electron chi connectivity index (χ4n) is 3.04. The number of pyridine rings is 1. The number of H-pyrrole nitrogens is 2. The first-order valence-corrected chi connectivity index (χ1v) is 9.91. The van der Waals surface area contributed by atoms with E-state index in [0.29, 0.717) is 28.1 Å². The van der Waals surface area contributed by atoms with Crippen LogP contribution in [-0.2, 0) is 6.42 Å². The Morgan fingerprint density at radius 3 is 2.81 bits per heavy atom. The highest BCUT2D eigenvalue weighted by molar-refractivity contribution is 6.08. The third-order valence-corrected chi connectivity index (χ3v) is 4.50. The second-order valence-corrected chi connectivity index (χ2v) is 6.84. The minimum absolute atomic E-state index is 0.120. The Morgan fingerprint density at radius 2 is 2.00 bits per heavy atom. The number of Topliss-reactive ketones (excluding diaryl/α,β-unsaturated/α-hetero) is 1. The van der Waals surface area contributed by atoms with Crippen molar-refractivity contribution in [1.29, 1.82) is 0 Å². The molecule has 0 unspecified atom stereocenters. The number of carbonyl (C=O) groups is 2. The minimum atomic E-state index is -0.415. The molecule has 3 N–H and O–H groups in total. The quantitative estimate of drug-likeness (QED) is 0.331. The molecule has 3 heterocycles. The SMILES string of the molecule is CCCC#Cc1cccc(C(=O)Nc2nc3c(C(=O)Cc4ncc[nH]4)cccc3[nH]2)n1. The number of hydrogen-bond acceptors (Lipinski definition) is 5. The van der Waals surface area contributed by atoms with Crippen molar-refractivity contribution in [2.45, 2.75) is 26.2 Å². The van der Waals surface area contributed by atoms with Gasteiger partial charge >= 0.3 is 0 Å². The number of unbranched alkanes of at least 4 members (excludes halogenated alkanes) is 1. The summed E-state index contributed by atoms with van der Waals surface area (Å²) in [4.78, 5) is 44.1. The number of para-hydroxylation sites is 1. The van der Waals surface area contributed by atoms with E-state index in [1.165, 1.54) is 0 Å². The molecule has 0 radical (unpaired) electrons. The van der Waals surface area contributed by atoms with Gasteiger partial charge in [0, 0.05) is 24.4 Å². The molecule has 4 rings (SSSR count). The van der Waals surface area contributed by atoms with Crippen molar-refractivity contribution in [1.82, 2.24) is 24.9 Å². The molecule has 0 atom stereocenters. The van der Waals surface area contributed by atoms with Crippen LogP contribution in [0.25, 0.3) is 11.0 Å². The zero-order valence-corrected chi connectivity index (χ0v) is 16.9. The molecule has 0 saturated carbocycles. The van der Waals surface area contributed by atoms with Crippen molar-refractivity contribution in [3.63, 3.8) is 0 Å². The number of hydrogen-bond donors (Lipinski definition) is 3. The zero-order chi connectivity index (χ0) is 21.6. The van der Waals surface area contributed by atoms with Gasteiger partial charge in [0.05, 0.1) is 11.9 Å². The number of benzene rings is 1. The Morgan fingerprint density at radius 1 is 1.13 bits per heavy atom. The lowest BCUT2D eigenvalue weighted by Crippen LogP contribution is -2.15. The predicted molar refractivity (Wildman–Crippen MR) is 117 cm³/mol. The first-order valence-electron chi connectivity index (χ1n) is 9.91. The summed E-state index contributed by atoms with van der Waals surface area (Å²) in [6, 6.07) is 10.4. The maximum Gasteiger partial charge on any atom is 0.276 e. The summed E-state index contributed by atoms with van der Waals surface area (Å²) in [5.74, 6) is 6.26. The summed E-state index contributed by atoms with van der Waals surface area (Å²) < 4.78 is 0. The van der Waals surface area contributed by atoms with Crippen molar-refractivity contribution in [2.75, 3.05) is 5.32 Å². The lowest BCUT2D eigenvalue weighted by atomic mass is 10.1.